The van der Waals surface area contributed by atoms with Crippen molar-refractivity contribution in [2.75, 3.05) is 26.2 Å². The number of carbonyl (C=O) groups excluding carboxylic acids is 10. The second-order valence-electron chi connectivity index (χ2n) is 22.2. The van der Waals surface area contributed by atoms with E-state index in [0.717, 1.165) is 0 Å². The molecule has 0 aliphatic rings. The summed E-state index contributed by atoms with van der Waals surface area (Å²) in [5, 5.41) is 54.7. The van der Waals surface area contributed by atoms with Crippen LogP contribution in [0.1, 0.15) is 150 Å². The Morgan fingerprint density at radius 3 is 1.20 bits per heavy atom. The maximum absolute atomic E-state index is 14.4. The number of hydrogen-bond acceptors (Lipinski definition) is 19. The number of carboxylic acid groups (broad SMARTS) is 1. The predicted octanol–water partition coefficient (Wildman–Crippen LogP) is -4.64. The van der Waals surface area contributed by atoms with Gasteiger partial charge in [0.1, 0.15) is 54.4 Å². The number of nitrogens with zero attached hydrogens (tertiary/aromatic N) is 1. The van der Waals surface area contributed by atoms with Crippen LogP contribution in [0.4, 0.5) is 0 Å². The van der Waals surface area contributed by atoms with Gasteiger partial charge in [0.15, 0.2) is 0 Å². The van der Waals surface area contributed by atoms with Crippen molar-refractivity contribution in [3.05, 3.63) is 18.2 Å². The van der Waals surface area contributed by atoms with Crippen LogP contribution >= 0.6 is 0 Å². The van der Waals surface area contributed by atoms with Gasteiger partial charge in [0.2, 0.25) is 59.1 Å². The second-order valence-corrected chi connectivity index (χ2v) is 22.2. The van der Waals surface area contributed by atoms with Crippen LogP contribution in [-0.2, 0) is 59.2 Å². The third-order valence-electron chi connectivity index (χ3n) is 14.2. The number of aromatic amines is 1. The Kier molecular flexibility index (Phi) is 37.7. The SMILES string of the molecule is CC[C@H](C)[C@H](NC(=O)[C@@H](NC(=O)[C@@H](NC(=O)[C@H](CCCCN)NC(=O)[C@@H](N)CCC(N)=O)[C@@H](C)O)[C@@H](C)O)C(=O)N[C@@H](CCCCN)C(=O)N[C@@H](CCCCN)C(=O)N[C@@H](CC(C)C)C(=O)N[C@@H](CCCCN)C(=O)N[C@@H](Cc1cnc[nH]1)C(=O)O. The number of unbranched alkanes of at least 4 members (excludes halogenated alkanes) is 4. The van der Waals surface area contributed by atoms with Crippen LogP contribution in [0.2, 0.25) is 0 Å². The van der Waals surface area contributed by atoms with E-state index >= 15 is 0 Å². The molecule has 0 saturated carbocycles. The summed E-state index contributed by atoms with van der Waals surface area (Å²) >= 11 is 0. The van der Waals surface area contributed by atoms with E-state index in [4.69, 9.17) is 34.4 Å². The number of aliphatic hydroxyl groups excluding tert-OH is 2. The first-order valence-electron chi connectivity index (χ1n) is 29.8. The normalized spacial score (nSPS) is 15.9. The zero-order valence-corrected chi connectivity index (χ0v) is 50.8. The number of nitrogens with two attached hydrogens (primary N) is 6. The van der Waals surface area contributed by atoms with Crippen molar-refractivity contribution in [2.24, 2.45) is 46.2 Å². The summed E-state index contributed by atoms with van der Waals surface area (Å²) in [6.45, 7) is 10.3. The standard InChI is InChI=1S/C55H101N17O14/c1-7-31(4)43(70-53(83)45(33(6)74)72-54(84)44(32(5)73)71-50(80)39(19-11-15-25-59)64-46(76)35(60)20-21-42(61)75)52(82)67-38(18-10-14-24-58)47(77)65-36(16-8-12-22-56)48(78)68-40(26-30(2)3)51(81)66-37(17-9-13-23-57)49(79)69-41(55(85)86)27-34-28-62-29-63-34/h28-33,35-41,43-45,73-74H,7-27,56-60H2,1-6H3,(H2,61,75)(H,62,63)(H,64,76)(H,65,77)(H,66,81)(H,67,82)(H,68,78)(H,69,79)(H,70,83)(H,71,80)(H,72,84)(H,85,86)/t31-,32+,33+,35-,36-,37-,38-,39-,40-,41-,43-,44-,45-/m0/s1. The molecule has 0 aliphatic carbocycles. The molecule has 31 nitrogen and oxygen atoms in total. The monoisotopic (exact) mass is 1220 g/mol. The predicted molar refractivity (Wildman–Crippen MR) is 318 cm³/mol. The lowest BCUT2D eigenvalue weighted by Gasteiger charge is -2.31. The highest BCUT2D eigenvalue weighted by Gasteiger charge is 2.38. The number of aliphatic carboxylic acids is 1. The Bertz CT molecular complexity index is 2280. The topological polar surface area (TPSA) is 542 Å². The van der Waals surface area contributed by atoms with Gasteiger partial charge in [0, 0.05) is 24.7 Å². The minimum Gasteiger partial charge on any atom is -0.480 e. The fraction of sp³-hybridized carbons (Fsp3) is 0.745. The number of H-pyrrole nitrogens is 1. The van der Waals surface area contributed by atoms with Gasteiger partial charge in [0.05, 0.1) is 24.6 Å². The van der Waals surface area contributed by atoms with Gasteiger partial charge in [-0.15, -0.1) is 0 Å². The molecule has 25 N–H and O–H groups in total. The van der Waals surface area contributed by atoms with Crippen LogP contribution in [0, 0.1) is 11.8 Å². The first-order valence-corrected chi connectivity index (χ1v) is 29.8. The highest BCUT2D eigenvalue weighted by molar-refractivity contribution is 5.99. The number of aliphatic hydroxyl groups is 2. The lowest BCUT2D eigenvalue weighted by Crippen LogP contribution is -2.63. The van der Waals surface area contributed by atoms with E-state index in [9.17, 15) is 68.1 Å². The molecule has 0 fully saturated rings. The molecule has 0 aliphatic heterocycles. The summed E-state index contributed by atoms with van der Waals surface area (Å²) in [5.74, 6) is -10.8. The average molecular weight is 1220 g/mol. The lowest BCUT2D eigenvalue weighted by molar-refractivity contribution is -0.142. The molecular weight excluding hydrogens is 1120 g/mol. The van der Waals surface area contributed by atoms with Gasteiger partial charge in [-0.2, -0.15) is 0 Å². The van der Waals surface area contributed by atoms with Crippen molar-refractivity contribution in [3.63, 3.8) is 0 Å². The van der Waals surface area contributed by atoms with Gasteiger partial charge in [-0.3, -0.25) is 47.9 Å². The van der Waals surface area contributed by atoms with E-state index in [0.29, 0.717) is 57.1 Å². The number of carboxylic acids is 1. The molecule has 1 heterocycles. The number of amides is 10. The summed E-state index contributed by atoms with van der Waals surface area (Å²) < 4.78 is 0. The zero-order chi connectivity index (χ0) is 65.1. The third-order valence-corrected chi connectivity index (χ3v) is 14.2. The average Bonchev–Trinajstić information content (AvgIpc) is 2.97. The van der Waals surface area contributed by atoms with Crippen LogP contribution in [-0.4, -0.2) is 189 Å². The first-order chi connectivity index (χ1) is 40.6. The Balaban J connectivity index is 3.51. The van der Waals surface area contributed by atoms with Crippen LogP contribution < -0.4 is 82.3 Å². The number of primary amides is 1. The fourth-order valence-corrected chi connectivity index (χ4v) is 8.88. The van der Waals surface area contributed by atoms with Gasteiger partial charge < -0.3 is 103 Å². The van der Waals surface area contributed by atoms with E-state index in [1.54, 1.807) is 27.7 Å². The van der Waals surface area contributed by atoms with E-state index in [2.05, 4.69) is 57.8 Å². The lowest BCUT2D eigenvalue weighted by atomic mass is 9.96. The molecule has 1 aromatic heterocycles. The van der Waals surface area contributed by atoms with Crippen molar-refractivity contribution in [2.45, 2.75) is 223 Å². The fourth-order valence-electron chi connectivity index (χ4n) is 8.88. The highest BCUT2D eigenvalue weighted by Crippen LogP contribution is 2.15. The number of rotatable bonds is 46. The minimum absolute atomic E-state index is 0.00215. The number of aromatic nitrogens is 2. The van der Waals surface area contributed by atoms with Crippen LogP contribution in [0.3, 0.4) is 0 Å². The number of imidazole rings is 1. The smallest absolute Gasteiger partial charge is 0.326 e. The summed E-state index contributed by atoms with van der Waals surface area (Å²) in [6, 6.07) is -14.0. The molecule has 86 heavy (non-hydrogen) atoms. The van der Waals surface area contributed by atoms with Crippen molar-refractivity contribution in [1.82, 2.24) is 57.8 Å². The Hall–Kier alpha value is -6.90. The quantitative estimate of drug-likeness (QED) is 0.0273. The molecule has 490 valence electrons. The molecule has 1 rings (SSSR count). The van der Waals surface area contributed by atoms with Crippen LogP contribution in [0.25, 0.3) is 0 Å². The molecule has 0 spiro atoms. The first kappa shape index (κ1) is 77.1. The molecule has 0 aromatic carbocycles. The van der Waals surface area contributed by atoms with Crippen LogP contribution in [0.5, 0.6) is 0 Å². The Morgan fingerprint density at radius 2 is 0.837 bits per heavy atom. The van der Waals surface area contributed by atoms with E-state index in [1.807, 2.05) is 0 Å². The molecule has 0 radical (unpaired) electrons. The van der Waals surface area contributed by atoms with Gasteiger partial charge >= 0.3 is 5.97 Å². The van der Waals surface area contributed by atoms with E-state index in [-0.39, 0.29) is 89.9 Å². The summed E-state index contributed by atoms with van der Waals surface area (Å²) in [4.78, 5) is 156. The highest BCUT2D eigenvalue weighted by atomic mass is 16.4. The van der Waals surface area contributed by atoms with Gasteiger partial charge in [-0.1, -0.05) is 34.1 Å². The van der Waals surface area contributed by atoms with E-state index in [1.165, 1.54) is 26.4 Å². The number of nitrogens with one attached hydrogen (secondary N) is 10. The van der Waals surface area contributed by atoms with Crippen molar-refractivity contribution < 1.29 is 68.1 Å². The molecule has 31 heteroatoms. The molecule has 13 atom stereocenters. The summed E-state index contributed by atoms with van der Waals surface area (Å²) in [6.07, 6.45) is 2.74. The number of carbonyl (C=O) groups is 11. The minimum atomic E-state index is -1.80. The van der Waals surface area contributed by atoms with Crippen molar-refractivity contribution in [3.8, 4) is 0 Å². The third kappa shape index (κ3) is 29.5. The van der Waals surface area contributed by atoms with Crippen molar-refractivity contribution >= 4 is 65.0 Å². The van der Waals surface area contributed by atoms with Gasteiger partial charge in [0.25, 0.3) is 0 Å². The molecule has 0 unspecified atom stereocenters. The van der Waals surface area contributed by atoms with Crippen LogP contribution in [0.15, 0.2) is 12.5 Å². The molecule has 10 amide bonds. The molecule has 1 aromatic rings. The Morgan fingerprint density at radius 1 is 0.488 bits per heavy atom. The second kappa shape index (κ2) is 42.0. The van der Waals surface area contributed by atoms with Crippen molar-refractivity contribution in [1.29, 1.82) is 0 Å². The molecule has 0 bridgehead atoms. The van der Waals surface area contributed by atoms with Gasteiger partial charge in [-0.25, -0.2) is 9.78 Å². The van der Waals surface area contributed by atoms with Gasteiger partial charge in [-0.05, 0) is 142 Å². The summed E-state index contributed by atoms with van der Waals surface area (Å²) in [5.41, 5.74) is 34.5. The molecule has 0 saturated heterocycles. The van der Waals surface area contributed by atoms with E-state index < -0.39 is 144 Å². The maximum Gasteiger partial charge on any atom is 0.326 e. The molecular formula is C55H101N17O14. The largest absolute Gasteiger partial charge is 0.480 e. The summed E-state index contributed by atoms with van der Waals surface area (Å²) in [7, 11) is 0. The Labute approximate surface area is 503 Å². The maximum atomic E-state index is 14.4. The zero-order valence-electron chi connectivity index (χ0n) is 50.8. The number of hydrogen-bond donors (Lipinski definition) is 19.